The number of halogens is 1. The van der Waals surface area contributed by atoms with Gasteiger partial charge in [-0.2, -0.15) is 15.3 Å². The SMILES string of the molecule is C=C/C(=C\C=C(/C)C1=NN(C)N=CC1)c1cc(F)c(C2(C)C=C[C@@H](CN/C=C\C)C2)cc1C.CC. The molecule has 2 aliphatic rings. The van der Waals surface area contributed by atoms with Crippen LogP contribution in [0.5, 0.6) is 0 Å². The summed E-state index contributed by atoms with van der Waals surface area (Å²) in [6, 6.07) is 3.66. The molecule has 5 heteroatoms. The molecule has 0 bridgehead atoms. The summed E-state index contributed by atoms with van der Waals surface area (Å²) in [7, 11) is 1.81. The Balaban J connectivity index is 0.00000210. The Morgan fingerprint density at radius 3 is 2.71 bits per heavy atom. The van der Waals surface area contributed by atoms with Gasteiger partial charge < -0.3 is 5.32 Å². The summed E-state index contributed by atoms with van der Waals surface area (Å²) in [5.74, 6) is 0.210. The van der Waals surface area contributed by atoms with E-state index in [9.17, 15) is 0 Å². The lowest BCUT2D eigenvalue weighted by atomic mass is 9.78. The second kappa shape index (κ2) is 13.0. The van der Waals surface area contributed by atoms with E-state index in [1.807, 2.05) is 78.4 Å². The van der Waals surface area contributed by atoms with Gasteiger partial charge in [0.25, 0.3) is 0 Å². The highest BCUT2D eigenvalue weighted by Gasteiger charge is 2.34. The van der Waals surface area contributed by atoms with E-state index in [1.165, 1.54) is 0 Å². The molecule has 0 saturated carbocycles. The highest BCUT2D eigenvalue weighted by atomic mass is 19.1. The minimum atomic E-state index is -0.309. The molecule has 2 atom stereocenters. The third-order valence-corrected chi connectivity index (χ3v) is 6.31. The molecule has 1 aromatic rings. The van der Waals surface area contributed by atoms with E-state index in [-0.39, 0.29) is 11.2 Å². The van der Waals surface area contributed by atoms with Crippen LogP contribution in [-0.4, -0.2) is 30.6 Å². The Hall–Kier alpha value is -3.21. The molecular weight excluding hydrogens is 435 g/mol. The summed E-state index contributed by atoms with van der Waals surface area (Å²) in [4.78, 5) is 0. The zero-order chi connectivity index (χ0) is 26.0. The Morgan fingerprint density at radius 1 is 1.31 bits per heavy atom. The largest absolute Gasteiger partial charge is 0.391 e. The van der Waals surface area contributed by atoms with Crippen LogP contribution in [0.2, 0.25) is 0 Å². The quantitative estimate of drug-likeness (QED) is 0.316. The molecule has 1 unspecified atom stereocenters. The summed E-state index contributed by atoms with van der Waals surface area (Å²) in [6.45, 7) is 17.0. The van der Waals surface area contributed by atoms with E-state index in [0.717, 1.165) is 46.5 Å². The normalized spacial score (nSPS) is 22.2. The van der Waals surface area contributed by atoms with Crippen LogP contribution in [-0.2, 0) is 5.41 Å². The molecule has 1 heterocycles. The Morgan fingerprint density at radius 2 is 2.06 bits per heavy atom. The summed E-state index contributed by atoms with van der Waals surface area (Å²) >= 11 is 0. The maximum atomic E-state index is 15.4. The lowest BCUT2D eigenvalue weighted by Crippen LogP contribution is -2.23. The van der Waals surface area contributed by atoms with E-state index < -0.39 is 0 Å². The fourth-order valence-electron chi connectivity index (χ4n) is 4.44. The van der Waals surface area contributed by atoms with Gasteiger partial charge in [0, 0.05) is 31.6 Å². The maximum absolute atomic E-state index is 15.4. The van der Waals surface area contributed by atoms with E-state index in [0.29, 0.717) is 12.3 Å². The van der Waals surface area contributed by atoms with Gasteiger partial charge in [-0.25, -0.2) is 4.39 Å². The van der Waals surface area contributed by atoms with Crippen LogP contribution in [0.3, 0.4) is 0 Å². The van der Waals surface area contributed by atoms with Gasteiger partial charge in [0.2, 0.25) is 0 Å². The van der Waals surface area contributed by atoms with Crippen LogP contribution in [0.15, 0.2) is 77.1 Å². The molecule has 0 fully saturated rings. The van der Waals surface area contributed by atoms with E-state index >= 15 is 4.39 Å². The van der Waals surface area contributed by atoms with Crippen molar-refractivity contribution in [2.24, 2.45) is 16.1 Å². The molecule has 4 nitrogen and oxygen atoms in total. The zero-order valence-corrected chi connectivity index (χ0v) is 22.4. The van der Waals surface area contributed by atoms with Crippen LogP contribution < -0.4 is 5.32 Å². The number of nitrogens with zero attached hydrogens (tertiary/aromatic N) is 3. The van der Waals surface area contributed by atoms with E-state index in [1.54, 1.807) is 17.3 Å². The topological polar surface area (TPSA) is 40.0 Å². The van der Waals surface area contributed by atoms with Gasteiger partial charge >= 0.3 is 0 Å². The van der Waals surface area contributed by atoms with Gasteiger partial charge in [0.15, 0.2) is 0 Å². The van der Waals surface area contributed by atoms with Gasteiger partial charge in [-0.1, -0.05) is 69.9 Å². The minimum absolute atomic E-state index is 0.173. The number of hydrazone groups is 2. The Bertz CT molecular complexity index is 1070. The monoisotopic (exact) mass is 476 g/mol. The van der Waals surface area contributed by atoms with Gasteiger partial charge in [-0.15, -0.1) is 0 Å². The number of aryl methyl sites for hydroxylation is 1. The molecular formula is C30H41FN4. The molecule has 3 rings (SSSR count). The van der Waals surface area contributed by atoms with Crippen molar-refractivity contribution in [3.8, 4) is 0 Å². The third-order valence-electron chi connectivity index (χ3n) is 6.31. The number of rotatable bonds is 8. The Labute approximate surface area is 211 Å². The van der Waals surface area contributed by atoms with Crippen molar-refractivity contribution in [3.63, 3.8) is 0 Å². The molecule has 0 aromatic heterocycles. The summed E-state index contributed by atoms with van der Waals surface area (Å²) in [6.07, 6.45) is 17.5. The summed E-state index contributed by atoms with van der Waals surface area (Å²) in [5, 5.41) is 13.4. The molecule has 0 radical (unpaired) electrons. The molecule has 1 aliphatic carbocycles. The number of benzene rings is 1. The van der Waals surface area contributed by atoms with Crippen molar-refractivity contribution >= 4 is 17.5 Å². The van der Waals surface area contributed by atoms with Crippen molar-refractivity contribution in [3.05, 3.63) is 89.4 Å². The van der Waals surface area contributed by atoms with Crippen LogP contribution >= 0.6 is 0 Å². The van der Waals surface area contributed by atoms with Crippen LogP contribution in [0, 0.1) is 18.7 Å². The lowest BCUT2D eigenvalue weighted by molar-refractivity contribution is 0.374. The second-order valence-corrected chi connectivity index (χ2v) is 9.01. The van der Waals surface area contributed by atoms with Crippen molar-refractivity contribution in [2.45, 2.75) is 59.8 Å². The van der Waals surface area contributed by atoms with Crippen LogP contribution in [0.1, 0.15) is 64.2 Å². The molecule has 1 aliphatic heterocycles. The summed E-state index contributed by atoms with van der Waals surface area (Å²) < 4.78 is 15.4. The van der Waals surface area contributed by atoms with E-state index in [4.69, 9.17) is 0 Å². The fraction of sp³-hybridized carbons (Fsp3) is 0.400. The van der Waals surface area contributed by atoms with Crippen molar-refractivity contribution < 1.29 is 4.39 Å². The average Bonchev–Trinajstić information content (AvgIpc) is 3.24. The van der Waals surface area contributed by atoms with Crippen molar-refractivity contribution in [1.82, 2.24) is 10.4 Å². The number of allylic oxidation sites excluding steroid dienone is 7. The molecule has 0 saturated heterocycles. The van der Waals surface area contributed by atoms with Gasteiger partial charge in [-0.3, -0.25) is 0 Å². The highest BCUT2D eigenvalue weighted by Crippen LogP contribution is 2.41. The molecule has 188 valence electrons. The van der Waals surface area contributed by atoms with Crippen LogP contribution in [0.4, 0.5) is 4.39 Å². The third kappa shape index (κ3) is 7.14. The first kappa shape index (κ1) is 28.0. The number of nitrogens with one attached hydrogen (secondary N) is 1. The van der Waals surface area contributed by atoms with Gasteiger partial charge in [-0.05, 0) is 73.2 Å². The molecule has 1 N–H and O–H groups in total. The number of hydrogen-bond donors (Lipinski definition) is 1. The number of hydrogen-bond acceptors (Lipinski definition) is 4. The summed E-state index contributed by atoms with van der Waals surface area (Å²) in [5.41, 5.74) is 5.23. The average molecular weight is 477 g/mol. The second-order valence-electron chi connectivity index (χ2n) is 9.01. The van der Waals surface area contributed by atoms with Crippen LogP contribution in [0.25, 0.3) is 5.57 Å². The van der Waals surface area contributed by atoms with E-state index in [2.05, 4.69) is 41.2 Å². The Kier molecular flexibility index (Phi) is 10.4. The lowest BCUT2D eigenvalue weighted by Gasteiger charge is -2.26. The first-order valence-corrected chi connectivity index (χ1v) is 12.5. The standard InChI is InChI=1S/C28H35FN4.C2H6/c1-7-14-30-19-22-11-13-28(5,18-22)25-16-21(4)24(17-26(25)29)23(8-2)10-9-20(3)27-12-15-31-33(6)32-27;1-2/h7-11,13-17,22,30H,2,12,18-19H2,1,3-6H3;1-2H3/b14-7-,20-9+,23-10+;/t22-,28?;/m1./s1. The molecule has 0 amide bonds. The smallest absolute Gasteiger partial charge is 0.127 e. The predicted octanol–water partition coefficient (Wildman–Crippen LogP) is 7.31. The molecule has 0 spiro atoms. The van der Waals surface area contributed by atoms with Gasteiger partial charge in [0.1, 0.15) is 5.82 Å². The highest BCUT2D eigenvalue weighted by molar-refractivity contribution is 6.07. The zero-order valence-electron chi connectivity index (χ0n) is 22.4. The first-order valence-electron chi connectivity index (χ1n) is 12.5. The van der Waals surface area contributed by atoms with Crippen molar-refractivity contribution in [2.75, 3.05) is 13.6 Å². The molecule has 1 aromatic carbocycles. The molecule has 35 heavy (non-hydrogen) atoms. The fourth-order valence-corrected chi connectivity index (χ4v) is 4.44. The van der Waals surface area contributed by atoms with Crippen molar-refractivity contribution in [1.29, 1.82) is 0 Å². The minimum Gasteiger partial charge on any atom is -0.391 e. The predicted molar refractivity (Wildman–Crippen MR) is 150 cm³/mol. The first-order chi connectivity index (χ1) is 16.8. The van der Waals surface area contributed by atoms with Gasteiger partial charge in [0.05, 0.1) is 5.71 Å². The maximum Gasteiger partial charge on any atom is 0.127 e.